The summed E-state index contributed by atoms with van der Waals surface area (Å²) in [5.74, 6) is 1.16. The van der Waals surface area contributed by atoms with E-state index in [0.717, 1.165) is 30.6 Å². The number of rotatable bonds is 2. The first-order valence-electron chi connectivity index (χ1n) is 5.54. The van der Waals surface area contributed by atoms with Crippen LogP contribution in [0, 0.1) is 5.92 Å². The van der Waals surface area contributed by atoms with Crippen LogP contribution in [0.1, 0.15) is 31.7 Å². The third kappa shape index (κ3) is 1.74. The number of benzene rings is 1. The van der Waals surface area contributed by atoms with E-state index >= 15 is 0 Å². The summed E-state index contributed by atoms with van der Waals surface area (Å²) in [6.45, 7) is 2.12. The van der Waals surface area contributed by atoms with Crippen LogP contribution < -0.4 is 4.74 Å². The zero-order valence-corrected chi connectivity index (χ0v) is 9.36. The molecule has 2 heteroatoms. The molecule has 0 bridgehead atoms. The van der Waals surface area contributed by atoms with Gasteiger partial charge in [0.2, 0.25) is 0 Å². The number of hydrogen-bond acceptors (Lipinski definition) is 2. The molecule has 1 aromatic carbocycles. The minimum absolute atomic E-state index is 0.338. The zero-order valence-electron chi connectivity index (χ0n) is 9.36. The van der Waals surface area contributed by atoms with Crippen LogP contribution in [0.3, 0.4) is 0 Å². The molecule has 1 aromatic rings. The van der Waals surface area contributed by atoms with E-state index in [0.29, 0.717) is 5.92 Å². The second-order valence-corrected chi connectivity index (χ2v) is 4.45. The molecular weight excluding hydrogens is 188 g/mol. The van der Waals surface area contributed by atoms with Crippen molar-refractivity contribution in [3.63, 3.8) is 0 Å². The van der Waals surface area contributed by atoms with Gasteiger partial charge in [0.25, 0.3) is 0 Å². The lowest BCUT2D eigenvalue weighted by Gasteiger charge is -2.28. The van der Waals surface area contributed by atoms with Crippen LogP contribution in [0.2, 0.25) is 0 Å². The molecule has 1 aliphatic rings. The maximum atomic E-state index is 10.6. The summed E-state index contributed by atoms with van der Waals surface area (Å²) in [6.07, 6.45) is 3.07. The van der Waals surface area contributed by atoms with E-state index in [1.165, 1.54) is 0 Å². The monoisotopic (exact) mass is 206 g/mol. The Balaban J connectivity index is 2.35. The predicted octanol–water partition coefficient (Wildman–Crippen LogP) is 2.70. The number of ether oxygens (including phenoxy) is 1. The van der Waals surface area contributed by atoms with E-state index in [1.54, 1.807) is 7.11 Å². The summed E-state index contributed by atoms with van der Waals surface area (Å²) >= 11 is 0. The van der Waals surface area contributed by atoms with Gasteiger partial charge in [0, 0.05) is 0 Å². The summed E-state index contributed by atoms with van der Waals surface area (Å²) in [4.78, 5) is 0. The third-order valence-corrected chi connectivity index (χ3v) is 3.58. The van der Waals surface area contributed by atoms with Crippen LogP contribution in [0.25, 0.3) is 0 Å². The van der Waals surface area contributed by atoms with Gasteiger partial charge in [-0.2, -0.15) is 0 Å². The minimum atomic E-state index is -0.644. The van der Waals surface area contributed by atoms with Gasteiger partial charge < -0.3 is 9.84 Å². The summed E-state index contributed by atoms with van der Waals surface area (Å²) in [6, 6.07) is 7.79. The molecule has 2 atom stereocenters. The van der Waals surface area contributed by atoms with Gasteiger partial charge in [0.1, 0.15) is 5.75 Å². The summed E-state index contributed by atoms with van der Waals surface area (Å²) in [7, 11) is 1.65. The highest BCUT2D eigenvalue weighted by molar-refractivity contribution is 5.33. The molecule has 2 nitrogen and oxygen atoms in total. The van der Waals surface area contributed by atoms with Crippen molar-refractivity contribution < 1.29 is 9.84 Å². The van der Waals surface area contributed by atoms with Crippen LogP contribution in [-0.2, 0) is 5.60 Å². The molecular formula is C13H18O2. The topological polar surface area (TPSA) is 29.5 Å². The molecule has 0 amide bonds. The summed E-state index contributed by atoms with van der Waals surface area (Å²) in [5.41, 5.74) is 0.348. The van der Waals surface area contributed by atoms with E-state index < -0.39 is 5.60 Å². The lowest BCUT2D eigenvalue weighted by molar-refractivity contribution is 0.00432. The smallest absolute Gasteiger partial charge is 0.119 e. The molecule has 0 heterocycles. The predicted molar refractivity (Wildman–Crippen MR) is 59.9 cm³/mol. The van der Waals surface area contributed by atoms with Gasteiger partial charge in [-0.05, 0) is 42.9 Å². The van der Waals surface area contributed by atoms with Gasteiger partial charge in [-0.3, -0.25) is 0 Å². The molecule has 0 saturated heterocycles. The Morgan fingerprint density at radius 1 is 1.47 bits per heavy atom. The highest BCUT2D eigenvalue weighted by Crippen LogP contribution is 2.43. The molecule has 0 aromatic heterocycles. The van der Waals surface area contributed by atoms with E-state index in [1.807, 2.05) is 24.3 Å². The molecule has 1 aliphatic carbocycles. The second-order valence-electron chi connectivity index (χ2n) is 4.45. The van der Waals surface area contributed by atoms with Crippen molar-refractivity contribution in [3.05, 3.63) is 29.8 Å². The van der Waals surface area contributed by atoms with Gasteiger partial charge in [0.15, 0.2) is 0 Å². The quantitative estimate of drug-likeness (QED) is 0.806. The second kappa shape index (κ2) is 3.86. The maximum Gasteiger partial charge on any atom is 0.119 e. The normalized spacial score (nSPS) is 30.5. The van der Waals surface area contributed by atoms with E-state index in [4.69, 9.17) is 4.74 Å². The first-order chi connectivity index (χ1) is 7.16. The minimum Gasteiger partial charge on any atom is -0.497 e. The summed E-state index contributed by atoms with van der Waals surface area (Å²) < 4.78 is 5.18. The van der Waals surface area contributed by atoms with E-state index in [-0.39, 0.29) is 0 Å². The molecule has 15 heavy (non-hydrogen) atoms. The number of hydrogen-bond donors (Lipinski definition) is 1. The standard InChI is InChI=1S/C13H18O2/c1-10-5-4-8-13(10,14)11-6-3-7-12(9-11)15-2/h3,6-7,9-10,14H,4-5,8H2,1-2H3/t10-,13-/m0/s1. The first-order valence-corrected chi connectivity index (χ1v) is 5.54. The Hall–Kier alpha value is -1.02. The van der Waals surface area contributed by atoms with Crippen molar-refractivity contribution in [1.29, 1.82) is 0 Å². The molecule has 0 aliphatic heterocycles. The Morgan fingerprint density at radius 2 is 2.27 bits per heavy atom. The van der Waals surface area contributed by atoms with Gasteiger partial charge in [-0.15, -0.1) is 0 Å². The number of aliphatic hydroxyl groups is 1. The van der Waals surface area contributed by atoms with Crippen molar-refractivity contribution in [1.82, 2.24) is 0 Å². The molecule has 1 saturated carbocycles. The van der Waals surface area contributed by atoms with Crippen molar-refractivity contribution >= 4 is 0 Å². The van der Waals surface area contributed by atoms with Crippen molar-refractivity contribution in [2.24, 2.45) is 5.92 Å². The Kier molecular flexibility index (Phi) is 2.70. The zero-order chi connectivity index (χ0) is 10.9. The molecule has 0 radical (unpaired) electrons. The SMILES string of the molecule is COc1cccc([C@]2(O)CCC[C@@H]2C)c1. The molecule has 1 N–H and O–H groups in total. The maximum absolute atomic E-state index is 10.6. The number of methoxy groups -OCH3 is 1. The highest BCUT2D eigenvalue weighted by Gasteiger charge is 2.39. The molecule has 0 spiro atoms. The average molecular weight is 206 g/mol. The van der Waals surface area contributed by atoms with Gasteiger partial charge in [-0.1, -0.05) is 19.1 Å². The van der Waals surface area contributed by atoms with Crippen molar-refractivity contribution in [2.75, 3.05) is 7.11 Å². The van der Waals surface area contributed by atoms with Crippen LogP contribution in [-0.4, -0.2) is 12.2 Å². The van der Waals surface area contributed by atoms with Crippen molar-refractivity contribution in [2.45, 2.75) is 31.8 Å². The Labute approximate surface area is 90.9 Å². The lowest BCUT2D eigenvalue weighted by atomic mass is 9.85. The first kappa shape index (κ1) is 10.5. The van der Waals surface area contributed by atoms with Crippen molar-refractivity contribution in [3.8, 4) is 5.75 Å². The van der Waals surface area contributed by atoms with Gasteiger partial charge >= 0.3 is 0 Å². The molecule has 1 fully saturated rings. The van der Waals surface area contributed by atoms with Crippen LogP contribution in [0.4, 0.5) is 0 Å². The van der Waals surface area contributed by atoms with E-state index in [9.17, 15) is 5.11 Å². The Bertz CT molecular complexity index is 348. The van der Waals surface area contributed by atoms with E-state index in [2.05, 4.69) is 6.92 Å². The fraction of sp³-hybridized carbons (Fsp3) is 0.538. The fourth-order valence-corrected chi connectivity index (χ4v) is 2.48. The summed E-state index contributed by atoms with van der Waals surface area (Å²) in [5, 5.41) is 10.6. The molecule has 0 unspecified atom stereocenters. The van der Waals surface area contributed by atoms with Crippen LogP contribution in [0.15, 0.2) is 24.3 Å². The molecule has 2 rings (SSSR count). The van der Waals surface area contributed by atoms with Crippen LogP contribution >= 0.6 is 0 Å². The fourth-order valence-electron chi connectivity index (χ4n) is 2.48. The molecule has 82 valence electrons. The van der Waals surface area contributed by atoms with Crippen LogP contribution in [0.5, 0.6) is 5.75 Å². The lowest BCUT2D eigenvalue weighted by Crippen LogP contribution is -2.28. The van der Waals surface area contributed by atoms with Gasteiger partial charge in [0.05, 0.1) is 12.7 Å². The largest absolute Gasteiger partial charge is 0.497 e. The Morgan fingerprint density at radius 3 is 2.87 bits per heavy atom. The third-order valence-electron chi connectivity index (χ3n) is 3.58. The van der Waals surface area contributed by atoms with Gasteiger partial charge in [-0.25, -0.2) is 0 Å². The average Bonchev–Trinajstić information content (AvgIpc) is 2.61. The highest BCUT2D eigenvalue weighted by atomic mass is 16.5.